The van der Waals surface area contributed by atoms with Crippen molar-refractivity contribution in [3.05, 3.63) is 36.3 Å². The van der Waals surface area contributed by atoms with E-state index in [1.807, 2.05) is 24.0 Å². The van der Waals surface area contributed by atoms with Crippen molar-refractivity contribution in [2.75, 3.05) is 19.6 Å². The van der Waals surface area contributed by atoms with E-state index in [1.165, 1.54) is 5.56 Å². The molecule has 3 rings (SSSR count). The van der Waals surface area contributed by atoms with Crippen LogP contribution in [-0.4, -0.2) is 45.3 Å². The van der Waals surface area contributed by atoms with Crippen LogP contribution < -0.4 is 5.32 Å². The molecular formula is C15H22ClN5. The van der Waals surface area contributed by atoms with Crippen LogP contribution in [0.25, 0.3) is 11.3 Å². The number of hydrogen-bond donors (Lipinski definition) is 1. The van der Waals surface area contributed by atoms with E-state index in [4.69, 9.17) is 0 Å². The summed E-state index contributed by atoms with van der Waals surface area (Å²) in [6.45, 7) is 6.41. The van der Waals surface area contributed by atoms with Gasteiger partial charge in [-0.25, -0.2) is 0 Å². The number of hydrogen-bond acceptors (Lipinski definition) is 4. The SMILES string of the molecule is C[C@@H]1CN(Cc2cn(C)nc2-c2cccnc2)CCN1.Cl. The Morgan fingerprint density at radius 3 is 3.00 bits per heavy atom. The van der Waals surface area contributed by atoms with E-state index in [-0.39, 0.29) is 12.4 Å². The third-order valence-corrected chi connectivity index (χ3v) is 3.69. The van der Waals surface area contributed by atoms with Gasteiger partial charge in [-0.05, 0) is 19.1 Å². The number of nitrogens with zero attached hydrogens (tertiary/aromatic N) is 4. The van der Waals surface area contributed by atoms with Gasteiger partial charge >= 0.3 is 0 Å². The van der Waals surface area contributed by atoms with Crippen molar-refractivity contribution < 1.29 is 0 Å². The Kier molecular flexibility index (Phi) is 5.33. The lowest BCUT2D eigenvalue weighted by Crippen LogP contribution is -2.48. The molecule has 1 saturated heterocycles. The zero-order valence-corrected chi connectivity index (χ0v) is 13.3. The number of rotatable bonds is 3. The maximum absolute atomic E-state index is 4.60. The third-order valence-electron chi connectivity index (χ3n) is 3.69. The normalized spacial score (nSPS) is 19.2. The van der Waals surface area contributed by atoms with Crippen LogP contribution in [-0.2, 0) is 13.6 Å². The number of piperazine rings is 1. The summed E-state index contributed by atoms with van der Waals surface area (Å²) < 4.78 is 1.89. The molecule has 1 aliphatic rings. The predicted molar refractivity (Wildman–Crippen MR) is 86.4 cm³/mol. The van der Waals surface area contributed by atoms with Crippen molar-refractivity contribution in [1.29, 1.82) is 0 Å². The van der Waals surface area contributed by atoms with Crippen molar-refractivity contribution in [1.82, 2.24) is 25.0 Å². The molecule has 0 radical (unpaired) electrons. The summed E-state index contributed by atoms with van der Waals surface area (Å²) in [5, 5.41) is 8.08. The van der Waals surface area contributed by atoms with E-state index in [0.29, 0.717) is 6.04 Å². The van der Waals surface area contributed by atoms with Gasteiger partial charge in [0, 0.05) is 69.0 Å². The molecule has 0 spiro atoms. The van der Waals surface area contributed by atoms with Crippen LogP contribution in [0.2, 0.25) is 0 Å². The Balaban J connectivity index is 0.00000161. The van der Waals surface area contributed by atoms with Gasteiger partial charge in [0.05, 0.1) is 5.69 Å². The summed E-state index contributed by atoms with van der Waals surface area (Å²) in [5.74, 6) is 0. The molecule has 0 saturated carbocycles. The lowest BCUT2D eigenvalue weighted by atomic mass is 10.1. The van der Waals surface area contributed by atoms with Gasteiger partial charge in [0.25, 0.3) is 0 Å². The molecule has 0 unspecified atom stereocenters. The molecule has 3 heterocycles. The number of aryl methyl sites for hydroxylation is 1. The molecular weight excluding hydrogens is 286 g/mol. The first kappa shape index (κ1) is 15.9. The van der Waals surface area contributed by atoms with Gasteiger partial charge < -0.3 is 5.32 Å². The van der Waals surface area contributed by atoms with Crippen LogP contribution in [0, 0.1) is 0 Å². The zero-order valence-electron chi connectivity index (χ0n) is 12.5. The second-order valence-electron chi connectivity index (χ2n) is 5.51. The largest absolute Gasteiger partial charge is 0.312 e. The first-order chi connectivity index (χ1) is 9.72. The zero-order chi connectivity index (χ0) is 13.9. The van der Waals surface area contributed by atoms with Crippen LogP contribution in [0.4, 0.5) is 0 Å². The van der Waals surface area contributed by atoms with E-state index >= 15 is 0 Å². The molecule has 21 heavy (non-hydrogen) atoms. The lowest BCUT2D eigenvalue weighted by molar-refractivity contribution is 0.200. The molecule has 2 aromatic heterocycles. The van der Waals surface area contributed by atoms with Crippen molar-refractivity contribution in [2.45, 2.75) is 19.5 Å². The predicted octanol–water partition coefficient (Wildman–Crippen LogP) is 1.70. The second kappa shape index (κ2) is 7.02. The summed E-state index contributed by atoms with van der Waals surface area (Å²) in [4.78, 5) is 6.68. The monoisotopic (exact) mass is 307 g/mol. The number of halogens is 1. The van der Waals surface area contributed by atoms with Gasteiger partial charge in [0.1, 0.15) is 0 Å². The van der Waals surface area contributed by atoms with Crippen molar-refractivity contribution >= 4 is 12.4 Å². The Morgan fingerprint density at radius 2 is 2.29 bits per heavy atom. The van der Waals surface area contributed by atoms with Crippen LogP contribution in [0.3, 0.4) is 0 Å². The minimum Gasteiger partial charge on any atom is -0.312 e. The summed E-state index contributed by atoms with van der Waals surface area (Å²) >= 11 is 0. The molecule has 1 aliphatic heterocycles. The fourth-order valence-corrected chi connectivity index (χ4v) is 2.80. The molecule has 114 valence electrons. The molecule has 0 amide bonds. The Morgan fingerprint density at radius 1 is 1.43 bits per heavy atom. The van der Waals surface area contributed by atoms with Gasteiger partial charge in [0.2, 0.25) is 0 Å². The topological polar surface area (TPSA) is 46.0 Å². The van der Waals surface area contributed by atoms with E-state index in [1.54, 1.807) is 6.20 Å². The molecule has 1 N–H and O–H groups in total. The fraction of sp³-hybridized carbons (Fsp3) is 0.467. The molecule has 6 heteroatoms. The summed E-state index contributed by atoms with van der Waals surface area (Å²) in [5.41, 5.74) is 3.41. The highest BCUT2D eigenvalue weighted by Gasteiger charge is 2.18. The van der Waals surface area contributed by atoms with Gasteiger partial charge in [-0.1, -0.05) is 0 Å². The summed E-state index contributed by atoms with van der Waals surface area (Å²) in [6, 6.07) is 4.59. The maximum atomic E-state index is 4.60. The molecule has 5 nitrogen and oxygen atoms in total. The first-order valence-corrected chi connectivity index (χ1v) is 7.11. The van der Waals surface area contributed by atoms with E-state index in [0.717, 1.165) is 37.4 Å². The Labute approximate surface area is 131 Å². The Hall–Kier alpha value is -1.43. The van der Waals surface area contributed by atoms with E-state index in [2.05, 4.69) is 39.5 Å². The van der Waals surface area contributed by atoms with Gasteiger partial charge in [0.15, 0.2) is 0 Å². The second-order valence-corrected chi connectivity index (χ2v) is 5.51. The van der Waals surface area contributed by atoms with Gasteiger partial charge in [-0.2, -0.15) is 5.10 Å². The van der Waals surface area contributed by atoms with Crippen molar-refractivity contribution in [2.24, 2.45) is 7.05 Å². The number of aromatic nitrogens is 3. The minimum atomic E-state index is 0. The lowest BCUT2D eigenvalue weighted by Gasteiger charge is -2.31. The average Bonchev–Trinajstić information content (AvgIpc) is 2.80. The van der Waals surface area contributed by atoms with Crippen molar-refractivity contribution in [3.8, 4) is 11.3 Å². The highest BCUT2D eigenvalue weighted by molar-refractivity contribution is 5.85. The minimum absolute atomic E-state index is 0. The number of pyridine rings is 1. The van der Waals surface area contributed by atoms with Gasteiger partial charge in [-0.3, -0.25) is 14.6 Å². The first-order valence-electron chi connectivity index (χ1n) is 7.11. The van der Waals surface area contributed by atoms with Crippen LogP contribution in [0.1, 0.15) is 12.5 Å². The third kappa shape index (κ3) is 3.81. The summed E-state index contributed by atoms with van der Waals surface area (Å²) in [6.07, 6.45) is 5.80. The maximum Gasteiger partial charge on any atom is 0.0983 e. The van der Waals surface area contributed by atoms with E-state index in [9.17, 15) is 0 Å². The van der Waals surface area contributed by atoms with Crippen LogP contribution in [0.15, 0.2) is 30.7 Å². The number of nitrogens with one attached hydrogen (secondary N) is 1. The fourth-order valence-electron chi connectivity index (χ4n) is 2.80. The van der Waals surface area contributed by atoms with Crippen molar-refractivity contribution in [3.63, 3.8) is 0 Å². The quantitative estimate of drug-likeness (QED) is 0.937. The highest BCUT2D eigenvalue weighted by Crippen LogP contribution is 2.22. The molecule has 1 atom stereocenters. The molecule has 2 aromatic rings. The highest BCUT2D eigenvalue weighted by atomic mass is 35.5. The van der Waals surface area contributed by atoms with Crippen LogP contribution in [0.5, 0.6) is 0 Å². The van der Waals surface area contributed by atoms with E-state index < -0.39 is 0 Å². The average molecular weight is 308 g/mol. The molecule has 0 aliphatic carbocycles. The Bertz CT molecular complexity index is 569. The molecule has 1 fully saturated rings. The molecule has 0 aromatic carbocycles. The molecule has 0 bridgehead atoms. The smallest absolute Gasteiger partial charge is 0.0983 e. The summed E-state index contributed by atoms with van der Waals surface area (Å²) in [7, 11) is 1.98. The van der Waals surface area contributed by atoms with Gasteiger partial charge in [-0.15, -0.1) is 12.4 Å². The van der Waals surface area contributed by atoms with Crippen LogP contribution >= 0.6 is 12.4 Å². The standard InChI is InChI=1S/C15H21N5.ClH/c1-12-9-20(7-6-17-12)11-14-10-19(2)18-15(14)13-4-3-5-16-8-13;/h3-5,8,10,12,17H,6-7,9,11H2,1-2H3;1H/t12-;/m1./s1.